The molecule has 194 valence electrons. The van der Waals surface area contributed by atoms with Gasteiger partial charge in [-0.2, -0.15) is 0 Å². The van der Waals surface area contributed by atoms with Crippen molar-refractivity contribution in [2.45, 2.75) is 52.8 Å². The maximum Gasteiger partial charge on any atom is 0.340 e. The number of amides is 1. The fourth-order valence-corrected chi connectivity index (χ4v) is 5.24. The summed E-state index contributed by atoms with van der Waals surface area (Å²) < 4.78 is 5.91. The van der Waals surface area contributed by atoms with Crippen molar-refractivity contribution in [1.82, 2.24) is 9.88 Å². The molecule has 1 atom stereocenters. The molecule has 0 aliphatic carbocycles. The summed E-state index contributed by atoms with van der Waals surface area (Å²) in [5.74, 6) is -0.812. The summed E-state index contributed by atoms with van der Waals surface area (Å²) in [6, 6.07) is 23.9. The minimum atomic E-state index is -0.907. The molecule has 6 heteroatoms. The van der Waals surface area contributed by atoms with E-state index in [1.54, 1.807) is 0 Å². The van der Waals surface area contributed by atoms with Gasteiger partial charge in [-0.05, 0) is 55.2 Å². The Balaban J connectivity index is 1.43. The van der Waals surface area contributed by atoms with Gasteiger partial charge in [-0.15, -0.1) is 0 Å². The summed E-state index contributed by atoms with van der Waals surface area (Å²) in [6.45, 7) is 8.06. The van der Waals surface area contributed by atoms with Gasteiger partial charge in [0.1, 0.15) is 0 Å². The number of aryl methyl sites for hydroxylation is 2. The molecule has 1 amide bonds. The van der Waals surface area contributed by atoms with Crippen molar-refractivity contribution in [3.05, 3.63) is 106 Å². The first-order chi connectivity index (χ1) is 18.4. The lowest BCUT2D eigenvalue weighted by molar-refractivity contribution is -0.124. The van der Waals surface area contributed by atoms with Crippen LogP contribution in [0.5, 0.6) is 0 Å². The molecule has 38 heavy (non-hydrogen) atoms. The highest BCUT2D eigenvalue weighted by molar-refractivity contribution is 6.06. The van der Waals surface area contributed by atoms with Crippen LogP contribution in [-0.2, 0) is 29.0 Å². The van der Waals surface area contributed by atoms with E-state index in [9.17, 15) is 9.59 Å². The van der Waals surface area contributed by atoms with Gasteiger partial charge in [0.05, 0.1) is 11.1 Å². The molecule has 2 heterocycles. The third-order valence-corrected chi connectivity index (χ3v) is 6.98. The molecule has 0 saturated carbocycles. The van der Waals surface area contributed by atoms with Gasteiger partial charge < -0.3 is 10.1 Å². The molecule has 1 aliphatic heterocycles. The molecule has 0 radical (unpaired) electrons. The van der Waals surface area contributed by atoms with Gasteiger partial charge in [-0.25, -0.2) is 4.79 Å². The number of pyridine rings is 1. The van der Waals surface area contributed by atoms with Crippen LogP contribution in [-0.4, -0.2) is 34.4 Å². The quantitative estimate of drug-likeness (QED) is 0.312. The van der Waals surface area contributed by atoms with Gasteiger partial charge in [0.25, 0.3) is 5.91 Å². The number of ether oxygens (including phenoxy) is 1. The van der Waals surface area contributed by atoms with E-state index in [0.717, 1.165) is 52.8 Å². The highest BCUT2D eigenvalue weighted by atomic mass is 16.5. The van der Waals surface area contributed by atoms with Crippen molar-refractivity contribution in [2.24, 2.45) is 0 Å². The van der Waals surface area contributed by atoms with Crippen LogP contribution in [0, 0.1) is 13.8 Å². The van der Waals surface area contributed by atoms with Gasteiger partial charge in [0.15, 0.2) is 6.10 Å². The van der Waals surface area contributed by atoms with Crippen LogP contribution < -0.4 is 5.32 Å². The first-order valence-electron chi connectivity index (χ1n) is 13.2. The molecule has 1 aromatic heterocycles. The second kappa shape index (κ2) is 11.2. The zero-order valence-corrected chi connectivity index (χ0v) is 22.2. The van der Waals surface area contributed by atoms with Crippen molar-refractivity contribution >= 4 is 28.5 Å². The van der Waals surface area contributed by atoms with E-state index in [1.807, 2.05) is 81.4 Å². The van der Waals surface area contributed by atoms with E-state index in [-0.39, 0.29) is 5.91 Å². The van der Waals surface area contributed by atoms with Crippen LogP contribution in [0.3, 0.4) is 0 Å². The molecule has 1 unspecified atom stereocenters. The zero-order valence-electron chi connectivity index (χ0n) is 22.2. The van der Waals surface area contributed by atoms with E-state index in [0.29, 0.717) is 24.2 Å². The minimum absolute atomic E-state index is 0.330. The molecule has 0 fully saturated rings. The monoisotopic (exact) mass is 507 g/mol. The smallest absolute Gasteiger partial charge is 0.340 e. The molecule has 0 saturated heterocycles. The fraction of sp³-hybridized carbons (Fsp3) is 0.281. The number of rotatable bonds is 7. The summed E-state index contributed by atoms with van der Waals surface area (Å²) >= 11 is 0. The van der Waals surface area contributed by atoms with Gasteiger partial charge >= 0.3 is 5.97 Å². The number of nitrogens with zero attached hydrogens (tertiary/aromatic N) is 2. The van der Waals surface area contributed by atoms with Crippen LogP contribution in [0.1, 0.15) is 51.7 Å². The minimum Gasteiger partial charge on any atom is -0.449 e. The van der Waals surface area contributed by atoms with Crippen LogP contribution in [0.2, 0.25) is 0 Å². The summed E-state index contributed by atoms with van der Waals surface area (Å²) in [6.07, 6.45) is 0.209. The molecular formula is C32H33N3O3. The summed E-state index contributed by atoms with van der Waals surface area (Å²) in [5, 5.41) is 3.68. The third-order valence-electron chi connectivity index (χ3n) is 6.98. The van der Waals surface area contributed by atoms with Gasteiger partial charge in [-0.3, -0.25) is 14.7 Å². The molecule has 4 aromatic rings. The van der Waals surface area contributed by atoms with Crippen LogP contribution >= 0.6 is 0 Å². The molecule has 1 aliphatic rings. The second-order valence-corrected chi connectivity index (χ2v) is 10.0. The Kier molecular flexibility index (Phi) is 7.52. The Labute approximate surface area is 223 Å². The first kappa shape index (κ1) is 25.6. The van der Waals surface area contributed by atoms with Crippen molar-refractivity contribution in [3.8, 4) is 0 Å². The number of nitrogens with one attached hydrogen (secondary N) is 1. The maximum absolute atomic E-state index is 13.8. The normalized spacial score (nSPS) is 14.1. The number of aromatic nitrogens is 1. The molecule has 3 aromatic carbocycles. The van der Waals surface area contributed by atoms with Gasteiger partial charge in [0.2, 0.25) is 0 Å². The van der Waals surface area contributed by atoms with Gasteiger partial charge in [-0.1, -0.05) is 61.5 Å². The van der Waals surface area contributed by atoms with E-state index >= 15 is 0 Å². The largest absolute Gasteiger partial charge is 0.449 e. The topological polar surface area (TPSA) is 71.5 Å². The molecule has 1 N–H and O–H groups in total. The van der Waals surface area contributed by atoms with Crippen molar-refractivity contribution in [2.75, 3.05) is 11.9 Å². The number of carbonyl (C=O) groups excluding carboxylic acids is 2. The van der Waals surface area contributed by atoms with E-state index in [4.69, 9.17) is 9.72 Å². The summed E-state index contributed by atoms with van der Waals surface area (Å²) in [5.41, 5.74) is 7.13. The number of para-hydroxylation sites is 1. The third kappa shape index (κ3) is 5.60. The zero-order chi connectivity index (χ0) is 26.6. The van der Waals surface area contributed by atoms with E-state index in [1.165, 1.54) is 5.56 Å². The highest BCUT2D eigenvalue weighted by Crippen LogP contribution is 2.30. The molecule has 6 nitrogen and oxygen atoms in total. The number of carbonyl (C=O) groups is 2. The second-order valence-electron chi connectivity index (χ2n) is 10.0. The Morgan fingerprint density at radius 1 is 1.00 bits per heavy atom. The van der Waals surface area contributed by atoms with E-state index < -0.39 is 12.1 Å². The number of hydrogen-bond donors (Lipinski definition) is 1. The summed E-state index contributed by atoms with van der Waals surface area (Å²) in [7, 11) is 0. The number of anilines is 1. The predicted octanol–water partition coefficient (Wildman–Crippen LogP) is 5.98. The Morgan fingerprint density at radius 3 is 2.45 bits per heavy atom. The maximum atomic E-state index is 13.8. The molecule has 0 spiro atoms. The predicted molar refractivity (Wildman–Crippen MR) is 150 cm³/mol. The van der Waals surface area contributed by atoms with E-state index in [2.05, 4.69) is 22.3 Å². The Morgan fingerprint density at radius 2 is 1.71 bits per heavy atom. The van der Waals surface area contributed by atoms with Crippen LogP contribution in [0.25, 0.3) is 10.9 Å². The average molecular weight is 508 g/mol. The average Bonchev–Trinajstić information content (AvgIpc) is 2.90. The number of benzene rings is 3. The molecule has 0 bridgehead atoms. The van der Waals surface area contributed by atoms with Crippen molar-refractivity contribution in [1.29, 1.82) is 0 Å². The SMILES string of the molecule is CCC(OC(=O)c1c2c(nc3ccccc13)CCN(Cc1ccccc1)C2)C(=O)Nc1cc(C)cc(C)c1. The Bertz CT molecular complexity index is 1460. The van der Waals surface area contributed by atoms with Crippen LogP contribution in [0.4, 0.5) is 5.69 Å². The molecule has 5 rings (SSSR count). The lowest BCUT2D eigenvalue weighted by Crippen LogP contribution is -2.35. The van der Waals surface area contributed by atoms with Crippen molar-refractivity contribution in [3.63, 3.8) is 0 Å². The standard InChI is InChI=1S/C32H33N3O3/c1-4-29(31(36)33-24-17-21(2)16-22(3)18-24)38-32(37)30-25-12-8-9-13-27(25)34-28-14-15-35(20-26(28)30)19-23-10-6-5-7-11-23/h5-13,16-18,29H,4,14-15,19-20H2,1-3H3,(H,33,36). The number of fused-ring (bicyclic) bond motifs is 2. The lowest BCUT2D eigenvalue weighted by atomic mass is 9.95. The first-order valence-corrected chi connectivity index (χ1v) is 13.2. The highest BCUT2D eigenvalue weighted by Gasteiger charge is 2.29. The summed E-state index contributed by atoms with van der Waals surface area (Å²) in [4.78, 5) is 34.1. The Hall–Kier alpha value is -4.03. The van der Waals surface area contributed by atoms with Gasteiger partial charge in [0, 0.05) is 48.4 Å². The lowest BCUT2D eigenvalue weighted by Gasteiger charge is -2.30. The molecular weight excluding hydrogens is 474 g/mol. The van der Waals surface area contributed by atoms with Crippen LogP contribution in [0.15, 0.2) is 72.8 Å². The number of esters is 1. The van der Waals surface area contributed by atoms with Crippen molar-refractivity contribution < 1.29 is 14.3 Å². The fourth-order valence-electron chi connectivity index (χ4n) is 5.24. The number of hydrogen-bond acceptors (Lipinski definition) is 5.